The van der Waals surface area contributed by atoms with Gasteiger partial charge in [-0.05, 0) is 18.2 Å². The van der Waals surface area contributed by atoms with E-state index in [2.05, 4.69) is 15.0 Å². The lowest BCUT2D eigenvalue weighted by Crippen LogP contribution is -2.57. The number of methoxy groups -OCH3 is 1. The summed E-state index contributed by atoms with van der Waals surface area (Å²) in [5.74, 6) is -0.590. The molecule has 0 saturated carbocycles. The zero-order chi connectivity index (χ0) is 25.0. The zero-order valence-corrected chi connectivity index (χ0v) is 20.7. The van der Waals surface area contributed by atoms with Crippen molar-refractivity contribution in [2.75, 3.05) is 33.3 Å². The molecule has 0 spiro atoms. The molecule has 11 nitrogen and oxygen atoms in total. The van der Waals surface area contributed by atoms with Crippen molar-refractivity contribution in [1.29, 1.82) is 0 Å². The Bertz CT molecular complexity index is 1190. The molecule has 12 heteroatoms. The number of nitrogens with one attached hydrogen (secondary N) is 1. The van der Waals surface area contributed by atoms with E-state index in [9.17, 15) is 22.8 Å². The number of piperazine rings is 1. The topological polar surface area (TPSA) is 131 Å². The Morgan fingerprint density at radius 3 is 2.62 bits per heavy atom. The highest BCUT2D eigenvalue weighted by atomic mass is 32.2. The molecular weight excluding hydrogens is 462 g/mol. The maximum Gasteiger partial charge on any atom is 0.308 e. The SMILES string of the molecule is CCN(CC)S(=O)(=O)c1ccc2c(c1)nc(CCC(=O)N1CCNC(=O)C1CC(=O)OC)n2C. The van der Waals surface area contributed by atoms with Crippen LogP contribution in [0.25, 0.3) is 11.0 Å². The summed E-state index contributed by atoms with van der Waals surface area (Å²) >= 11 is 0. The Labute approximate surface area is 199 Å². The lowest BCUT2D eigenvalue weighted by Gasteiger charge is -2.34. The number of sulfonamides is 1. The van der Waals surface area contributed by atoms with Gasteiger partial charge in [-0.3, -0.25) is 14.4 Å². The molecule has 2 heterocycles. The lowest BCUT2D eigenvalue weighted by atomic mass is 10.1. The predicted octanol–water partition coefficient (Wildman–Crippen LogP) is 0.427. The number of imidazole rings is 1. The van der Waals surface area contributed by atoms with Crippen molar-refractivity contribution in [2.45, 2.75) is 44.0 Å². The second-order valence-corrected chi connectivity index (χ2v) is 9.94. The van der Waals surface area contributed by atoms with E-state index in [1.165, 1.54) is 16.3 Å². The van der Waals surface area contributed by atoms with Crippen molar-refractivity contribution < 1.29 is 27.5 Å². The van der Waals surface area contributed by atoms with Gasteiger partial charge >= 0.3 is 5.97 Å². The van der Waals surface area contributed by atoms with Crippen LogP contribution in [-0.4, -0.2) is 84.3 Å². The smallest absolute Gasteiger partial charge is 0.308 e. The molecule has 1 saturated heterocycles. The van der Waals surface area contributed by atoms with Crippen LogP contribution in [0.5, 0.6) is 0 Å². The van der Waals surface area contributed by atoms with Crippen molar-refractivity contribution in [3.63, 3.8) is 0 Å². The molecule has 1 atom stereocenters. The van der Waals surface area contributed by atoms with Gasteiger partial charge in [-0.2, -0.15) is 4.31 Å². The summed E-state index contributed by atoms with van der Waals surface area (Å²) in [4.78, 5) is 43.0. The second kappa shape index (κ2) is 10.5. The largest absolute Gasteiger partial charge is 0.469 e. The number of ether oxygens (including phenoxy) is 1. The van der Waals surface area contributed by atoms with Gasteiger partial charge in [0, 0.05) is 46.1 Å². The van der Waals surface area contributed by atoms with Crippen LogP contribution in [0.1, 0.15) is 32.5 Å². The van der Waals surface area contributed by atoms with Gasteiger partial charge in [0.15, 0.2) is 0 Å². The van der Waals surface area contributed by atoms with E-state index in [0.717, 1.165) is 5.52 Å². The van der Waals surface area contributed by atoms with Crippen LogP contribution >= 0.6 is 0 Å². The number of rotatable bonds is 9. The third-order valence-corrected chi connectivity index (χ3v) is 8.14. The van der Waals surface area contributed by atoms with Gasteiger partial charge in [-0.25, -0.2) is 13.4 Å². The molecule has 1 aliphatic heterocycles. The van der Waals surface area contributed by atoms with Crippen LogP contribution in [0.15, 0.2) is 23.1 Å². The molecule has 1 aromatic heterocycles. The minimum Gasteiger partial charge on any atom is -0.469 e. The number of carbonyl (C=O) groups is 3. The predicted molar refractivity (Wildman–Crippen MR) is 124 cm³/mol. The molecule has 1 N–H and O–H groups in total. The molecule has 186 valence electrons. The summed E-state index contributed by atoms with van der Waals surface area (Å²) in [7, 11) is -0.569. The third kappa shape index (κ3) is 5.07. The van der Waals surface area contributed by atoms with Crippen molar-refractivity contribution in [2.24, 2.45) is 7.05 Å². The fourth-order valence-electron chi connectivity index (χ4n) is 4.15. The first kappa shape index (κ1) is 25.6. The number of nitrogens with zero attached hydrogens (tertiary/aromatic N) is 4. The quantitative estimate of drug-likeness (QED) is 0.501. The first-order valence-corrected chi connectivity index (χ1v) is 12.7. The van der Waals surface area contributed by atoms with Gasteiger partial charge < -0.3 is 19.5 Å². The van der Waals surface area contributed by atoms with Gasteiger partial charge in [0.05, 0.1) is 29.5 Å². The number of aryl methyl sites for hydroxylation is 2. The molecule has 0 radical (unpaired) electrons. The lowest BCUT2D eigenvalue weighted by molar-refractivity contribution is -0.150. The van der Waals surface area contributed by atoms with Crippen LogP contribution in [0.3, 0.4) is 0 Å². The van der Waals surface area contributed by atoms with Gasteiger partial charge in [-0.15, -0.1) is 0 Å². The zero-order valence-electron chi connectivity index (χ0n) is 19.9. The van der Waals surface area contributed by atoms with Crippen LogP contribution in [0.4, 0.5) is 0 Å². The standard InChI is InChI=1S/C22H31N5O6S/c1-5-26(6-2)34(31,32)15-7-8-17-16(13-15)24-19(25(17)3)9-10-20(28)27-12-11-23-22(30)18(27)14-21(29)33-4/h7-8,13,18H,5-6,9-12,14H2,1-4H3,(H,23,30). The fourth-order valence-corrected chi connectivity index (χ4v) is 5.62. The third-order valence-electron chi connectivity index (χ3n) is 6.09. The molecule has 1 fully saturated rings. The number of amides is 2. The van der Waals surface area contributed by atoms with Crippen LogP contribution in [-0.2, 0) is 42.6 Å². The molecule has 1 aromatic carbocycles. The number of aromatic nitrogens is 2. The Morgan fingerprint density at radius 1 is 1.26 bits per heavy atom. The number of benzene rings is 1. The monoisotopic (exact) mass is 493 g/mol. The maximum absolute atomic E-state index is 12.9. The molecule has 1 aliphatic rings. The summed E-state index contributed by atoms with van der Waals surface area (Å²) in [6.07, 6.45) is 0.183. The fraction of sp³-hybridized carbons (Fsp3) is 0.545. The molecule has 1 unspecified atom stereocenters. The van der Waals surface area contributed by atoms with E-state index in [-0.39, 0.29) is 29.6 Å². The molecule has 2 aromatic rings. The molecule has 0 bridgehead atoms. The highest BCUT2D eigenvalue weighted by Gasteiger charge is 2.34. The molecule has 34 heavy (non-hydrogen) atoms. The first-order chi connectivity index (χ1) is 16.1. The molecule has 3 rings (SSSR count). The Morgan fingerprint density at radius 2 is 1.97 bits per heavy atom. The van der Waals surface area contributed by atoms with E-state index in [1.54, 1.807) is 32.0 Å². The Kier molecular flexibility index (Phi) is 7.93. The number of hydrogen-bond acceptors (Lipinski definition) is 7. The maximum atomic E-state index is 12.9. The first-order valence-electron chi connectivity index (χ1n) is 11.2. The van der Waals surface area contributed by atoms with Crippen LogP contribution in [0, 0.1) is 0 Å². The van der Waals surface area contributed by atoms with Gasteiger partial charge in [-0.1, -0.05) is 13.8 Å². The minimum absolute atomic E-state index is 0.0900. The Hall–Kier alpha value is -2.99. The van der Waals surface area contributed by atoms with Crippen LogP contribution in [0.2, 0.25) is 0 Å². The highest BCUT2D eigenvalue weighted by Crippen LogP contribution is 2.23. The summed E-state index contributed by atoms with van der Waals surface area (Å²) in [5.41, 5.74) is 1.28. The van der Waals surface area contributed by atoms with Crippen molar-refractivity contribution in [3.8, 4) is 0 Å². The second-order valence-electron chi connectivity index (χ2n) is 8.00. The Balaban J connectivity index is 1.78. The number of esters is 1. The van der Waals surface area contributed by atoms with Crippen molar-refractivity contribution >= 4 is 38.8 Å². The number of fused-ring (bicyclic) bond motifs is 1. The van der Waals surface area contributed by atoms with Gasteiger partial charge in [0.1, 0.15) is 11.9 Å². The molecular formula is C22H31N5O6S. The van der Waals surface area contributed by atoms with Crippen molar-refractivity contribution in [3.05, 3.63) is 24.0 Å². The van der Waals surface area contributed by atoms with Gasteiger partial charge in [0.25, 0.3) is 0 Å². The minimum atomic E-state index is -3.61. The van der Waals surface area contributed by atoms with E-state index >= 15 is 0 Å². The number of carbonyl (C=O) groups excluding carboxylic acids is 3. The van der Waals surface area contributed by atoms with Gasteiger partial charge in [0.2, 0.25) is 21.8 Å². The average molecular weight is 494 g/mol. The molecule has 2 amide bonds. The summed E-state index contributed by atoms with van der Waals surface area (Å²) in [6, 6.07) is 3.93. The highest BCUT2D eigenvalue weighted by molar-refractivity contribution is 7.89. The van der Waals surface area contributed by atoms with E-state index in [4.69, 9.17) is 0 Å². The van der Waals surface area contributed by atoms with Crippen LogP contribution < -0.4 is 5.32 Å². The summed E-state index contributed by atoms with van der Waals surface area (Å²) < 4.78 is 33.6. The van der Waals surface area contributed by atoms with Crippen molar-refractivity contribution in [1.82, 2.24) is 24.1 Å². The van der Waals surface area contributed by atoms with E-state index in [1.807, 2.05) is 11.6 Å². The normalized spacial score (nSPS) is 16.7. The summed E-state index contributed by atoms with van der Waals surface area (Å²) in [5, 5.41) is 2.67. The number of hydrogen-bond donors (Lipinski definition) is 1. The average Bonchev–Trinajstić information content (AvgIpc) is 3.14. The van der Waals surface area contributed by atoms with E-state index < -0.39 is 22.0 Å². The summed E-state index contributed by atoms with van der Waals surface area (Å²) in [6.45, 7) is 4.95. The van der Waals surface area contributed by atoms with E-state index in [0.29, 0.717) is 43.9 Å². The molecule has 0 aliphatic carbocycles.